The Balaban J connectivity index is 0.000000105. The fourth-order valence-electron chi connectivity index (χ4n) is 6.79. The standard InChI is InChI=1S/C12H9NO.C10H16O.C9H8O.C8H9N/c1-3-7-11-9(5-1)13-10-6-2-4-8-12(10)14-11;1-9(2)7-4-5-10(9,3)8(11)6-7;1-2-6-9-8(4-1)5-3-7-10-9;1-2-4-8-7(3-1)5-6-9-8/h1-8,13H;7H,4-6H2,1-3H3;1-6H,7H2;1-4,9H,5-6H2. The number of nitrogens with one attached hydrogen (secondary N) is 2. The zero-order valence-corrected chi connectivity index (χ0v) is 25.9. The third-order valence-electron chi connectivity index (χ3n) is 10.0. The molecule has 44 heavy (non-hydrogen) atoms. The van der Waals surface area contributed by atoms with Crippen molar-refractivity contribution in [3.8, 4) is 17.2 Å². The number of hydrogen-bond acceptors (Lipinski definition) is 5. The number of ketones is 1. The lowest BCUT2D eigenvalue weighted by atomic mass is 9.70. The molecule has 0 amide bonds. The number of carbonyl (C=O) groups excluding carboxylic acids is 1. The lowest BCUT2D eigenvalue weighted by molar-refractivity contribution is -0.128. The lowest BCUT2D eigenvalue weighted by Crippen LogP contribution is -2.32. The number of ether oxygens (including phenoxy) is 2. The van der Waals surface area contributed by atoms with Crippen LogP contribution in [0, 0.1) is 16.7 Å². The van der Waals surface area contributed by atoms with E-state index in [2.05, 4.69) is 61.7 Å². The van der Waals surface area contributed by atoms with Gasteiger partial charge in [-0.05, 0) is 78.6 Å². The molecule has 2 N–H and O–H groups in total. The molecule has 2 saturated carbocycles. The van der Waals surface area contributed by atoms with Crippen LogP contribution < -0.4 is 20.1 Å². The smallest absolute Gasteiger partial charge is 0.150 e. The highest BCUT2D eigenvalue weighted by Crippen LogP contribution is 2.63. The van der Waals surface area contributed by atoms with Crippen LogP contribution in [0.25, 0.3) is 6.08 Å². The van der Waals surface area contributed by atoms with Gasteiger partial charge in [0.1, 0.15) is 18.1 Å². The Bertz CT molecular complexity index is 1550. The van der Waals surface area contributed by atoms with E-state index < -0.39 is 0 Å². The number of rotatable bonds is 0. The Kier molecular flexibility index (Phi) is 8.47. The number of hydrogen-bond donors (Lipinski definition) is 2. The van der Waals surface area contributed by atoms with Crippen LogP contribution in [0.5, 0.6) is 17.2 Å². The van der Waals surface area contributed by atoms with Gasteiger partial charge in [-0.15, -0.1) is 0 Å². The van der Waals surface area contributed by atoms with Crippen molar-refractivity contribution in [2.75, 3.05) is 23.8 Å². The summed E-state index contributed by atoms with van der Waals surface area (Å²) in [5.74, 6) is 3.95. The molecule has 2 aliphatic carbocycles. The summed E-state index contributed by atoms with van der Waals surface area (Å²) in [6.45, 7) is 8.49. The number of carbonyl (C=O) groups is 1. The first-order valence-electron chi connectivity index (χ1n) is 15.7. The van der Waals surface area contributed by atoms with Crippen molar-refractivity contribution in [3.05, 3.63) is 114 Å². The zero-order chi connectivity index (χ0) is 30.6. The number of fused-ring (bicyclic) bond motifs is 6. The van der Waals surface area contributed by atoms with Crippen molar-refractivity contribution < 1.29 is 14.3 Å². The van der Waals surface area contributed by atoms with Gasteiger partial charge in [0.2, 0.25) is 0 Å². The van der Waals surface area contributed by atoms with Gasteiger partial charge in [0.05, 0.1) is 11.4 Å². The number of Topliss-reactive ketones (excluding diaryl/α,β-unsaturated/α-hetero) is 1. The van der Waals surface area contributed by atoms with Gasteiger partial charge < -0.3 is 20.1 Å². The van der Waals surface area contributed by atoms with Crippen molar-refractivity contribution in [2.45, 2.75) is 46.5 Å². The summed E-state index contributed by atoms with van der Waals surface area (Å²) in [5, 5.41) is 6.62. The van der Waals surface area contributed by atoms with E-state index in [9.17, 15) is 4.79 Å². The Morgan fingerprint density at radius 1 is 0.750 bits per heavy atom. The molecule has 9 rings (SSSR count). The van der Waals surface area contributed by atoms with Gasteiger partial charge in [0.25, 0.3) is 0 Å². The van der Waals surface area contributed by atoms with Gasteiger partial charge in [-0.2, -0.15) is 0 Å². The van der Waals surface area contributed by atoms with E-state index >= 15 is 0 Å². The van der Waals surface area contributed by atoms with Crippen molar-refractivity contribution in [2.24, 2.45) is 16.7 Å². The number of anilines is 3. The van der Waals surface area contributed by atoms with Crippen molar-refractivity contribution in [3.63, 3.8) is 0 Å². The highest BCUT2D eigenvalue weighted by atomic mass is 16.5. The summed E-state index contributed by atoms with van der Waals surface area (Å²) in [6, 6.07) is 32.3. The van der Waals surface area contributed by atoms with Gasteiger partial charge in [0, 0.05) is 29.6 Å². The summed E-state index contributed by atoms with van der Waals surface area (Å²) in [7, 11) is 0. The van der Waals surface area contributed by atoms with Crippen LogP contribution in [-0.2, 0) is 11.2 Å². The molecule has 0 aromatic heterocycles. The van der Waals surface area contributed by atoms with Gasteiger partial charge >= 0.3 is 0 Å². The molecule has 2 fully saturated rings. The first kappa shape index (κ1) is 29.6. The molecule has 4 aromatic rings. The quantitative estimate of drug-likeness (QED) is 0.189. The van der Waals surface area contributed by atoms with Crippen molar-refractivity contribution in [1.29, 1.82) is 0 Å². The van der Waals surface area contributed by atoms with E-state index in [1.54, 1.807) is 0 Å². The van der Waals surface area contributed by atoms with E-state index in [1.165, 1.54) is 29.7 Å². The van der Waals surface area contributed by atoms with Crippen LogP contribution >= 0.6 is 0 Å². The van der Waals surface area contributed by atoms with Crippen LogP contribution in [0.2, 0.25) is 0 Å². The first-order chi connectivity index (χ1) is 21.3. The average molecular weight is 587 g/mol. The molecule has 0 saturated heterocycles. The third kappa shape index (κ3) is 5.96. The number of para-hydroxylation sites is 6. The normalized spacial score (nSPS) is 21.7. The second kappa shape index (κ2) is 12.6. The van der Waals surface area contributed by atoms with Crippen molar-refractivity contribution >= 4 is 28.9 Å². The predicted octanol–water partition coefficient (Wildman–Crippen LogP) is 9.68. The first-order valence-corrected chi connectivity index (χ1v) is 15.7. The molecule has 5 nitrogen and oxygen atoms in total. The van der Waals surface area contributed by atoms with Gasteiger partial charge in [-0.1, -0.05) is 87.5 Å². The van der Waals surface area contributed by atoms with E-state index in [0.717, 1.165) is 48.0 Å². The molecular weight excluding hydrogens is 544 g/mol. The summed E-state index contributed by atoms with van der Waals surface area (Å²) in [5.41, 5.74) is 6.29. The van der Waals surface area contributed by atoms with Crippen LogP contribution in [0.15, 0.2) is 103 Å². The second-order valence-corrected chi connectivity index (χ2v) is 12.7. The summed E-state index contributed by atoms with van der Waals surface area (Å²) in [6.07, 6.45) is 8.54. The molecule has 0 radical (unpaired) electrons. The fourth-order valence-corrected chi connectivity index (χ4v) is 6.79. The van der Waals surface area contributed by atoms with Crippen molar-refractivity contribution in [1.82, 2.24) is 0 Å². The monoisotopic (exact) mass is 586 g/mol. The lowest BCUT2D eigenvalue weighted by Gasteiger charge is -2.32. The van der Waals surface area contributed by atoms with Gasteiger partial charge in [-0.3, -0.25) is 4.79 Å². The maximum atomic E-state index is 11.6. The minimum atomic E-state index is 0.0255. The Hall–Kier alpha value is -4.51. The molecular formula is C39H42N2O3. The molecule has 5 heteroatoms. The third-order valence-corrected chi connectivity index (χ3v) is 10.0. The molecule has 0 spiro atoms. The Labute approximate surface area is 261 Å². The van der Waals surface area contributed by atoms with Gasteiger partial charge in [0.15, 0.2) is 11.5 Å². The maximum absolute atomic E-state index is 11.6. The summed E-state index contributed by atoms with van der Waals surface area (Å²) >= 11 is 0. The molecule has 2 bridgehead atoms. The largest absolute Gasteiger partial charge is 0.489 e. The molecule has 5 aliphatic rings. The predicted molar refractivity (Wildman–Crippen MR) is 180 cm³/mol. The average Bonchev–Trinajstić information content (AvgIpc) is 3.68. The number of benzene rings is 4. The topological polar surface area (TPSA) is 59.6 Å². The van der Waals surface area contributed by atoms with Crippen LogP contribution in [-0.4, -0.2) is 18.9 Å². The summed E-state index contributed by atoms with van der Waals surface area (Å²) in [4.78, 5) is 11.6. The van der Waals surface area contributed by atoms with Crippen LogP contribution in [0.3, 0.4) is 0 Å². The minimum Gasteiger partial charge on any atom is -0.489 e. The zero-order valence-electron chi connectivity index (χ0n) is 25.9. The summed E-state index contributed by atoms with van der Waals surface area (Å²) < 4.78 is 11.1. The maximum Gasteiger partial charge on any atom is 0.150 e. The molecule has 3 heterocycles. The fraction of sp³-hybridized carbons (Fsp3) is 0.308. The van der Waals surface area contributed by atoms with Gasteiger partial charge in [-0.25, -0.2) is 0 Å². The highest BCUT2D eigenvalue weighted by molar-refractivity contribution is 5.89. The Morgan fingerprint density at radius 2 is 1.36 bits per heavy atom. The minimum absolute atomic E-state index is 0.0255. The van der Waals surface area contributed by atoms with E-state index in [1.807, 2.05) is 78.9 Å². The molecule has 2 atom stereocenters. The van der Waals surface area contributed by atoms with Crippen LogP contribution in [0.1, 0.15) is 51.2 Å². The molecule has 2 unspecified atom stereocenters. The second-order valence-electron chi connectivity index (χ2n) is 12.7. The Morgan fingerprint density at radius 3 is 1.93 bits per heavy atom. The molecule has 226 valence electrons. The highest BCUT2D eigenvalue weighted by Gasteiger charge is 2.61. The van der Waals surface area contributed by atoms with Crippen LogP contribution in [0.4, 0.5) is 17.1 Å². The van der Waals surface area contributed by atoms with E-state index in [4.69, 9.17) is 9.47 Å². The SMILES string of the molecule is C1=Cc2ccccc2OC1.CC12CCC(CC1=O)C2(C)C.c1ccc2c(c1)CCN2.c1ccc2c(c1)Nc1ccccc1O2. The molecule has 4 aromatic carbocycles. The molecule has 3 aliphatic heterocycles. The van der Waals surface area contributed by atoms with E-state index in [-0.39, 0.29) is 10.8 Å². The van der Waals surface area contributed by atoms with E-state index in [0.29, 0.717) is 18.3 Å².